The highest BCUT2D eigenvalue weighted by Crippen LogP contribution is 2.43. The van der Waals surface area contributed by atoms with Crippen molar-refractivity contribution in [2.24, 2.45) is 5.92 Å². The lowest BCUT2D eigenvalue weighted by molar-refractivity contribution is -0.155. The Kier molecular flexibility index (Phi) is 2.96. The third kappa shape index (κ3) is 2.20. The molecule has 0 radical (unpaired) electrons. The number of rotatable bonds is 5. The molecular formula is C13H16O4. The van der Waals surface area contributed by atoms with Gasteiger partial charge in [0.1, 0.15) is 0 Å². The van der Waals surface area contributed by atoms with Gasteiger partial charge in [-0.05, 0) is 31.9 Å². The van der Waals surface area contributed by atoms with Crippen LogP contribution in [-0.4, -0.2) is 23.8 Å². The van der Waals surface area contributed by atoms with Gasteiger partial charge in [0.2, 0.25) is 5.60 Å². The molecule has 17 heavy (non-hydrogen) atoms. The standard InChI is InChI=1S/C13H16O4/c1-13(12(14)15,9-7-8-9)17-11-6-4-3-5-10(11)16-2/h3-6,9H,7-8H2,1-2H3,(H,14,15). The number of hydrogen-bond acceptors (Lipinski definition) is 3. The fourth-order valence-electron chi connectivity index (χ4n) is 1.87. The van der Waals surface area contributed by atoms with E-state index in [2.05, 4.69) is 0 Å². The summed E-state index contributed by atoms with van der Waals surface area (Å²) in [4.78, 5) is 11.3. The maximum absolute atomic E-state index is 11.3. The molecule has 1 fully saturated rings. The van der Waals surface area contributed by atoms with Crippen molar-refractivity contribution in [2.45, 2.75) is 25.4 Å². The molecule has 1 saturated carbocycles. The number of ether oxygens (including phenoxy) is 2. The molecule has 1 aromatic rings. The molecule has 1 atom stereocenters. The van der Waals surface area contributed by atoms with Crippen LogP contribution in [0.4, 0.5) is 0 Å². The van der Waals surface area contributed by atoms with Gasteiger partial charge in [-0.15, -0.1) is 0 Å². The Labute approximate surface area is 100 Å². The molecule has 4 heteroatoms. The lowest BCUT2D eigenvalue weighted by Gasteiger charge is -2.27. The van der Waals surface area contributed by atoms with E-state index in [0.29, 0.717) is 11.5 Å². The molecule has 1 unspecified atom stereocenters. The maximum Gasteiger partial charge on any atom is 0.348 e. The Morgan fingerprint density at radius 1 is 1.35 bits per heavy atom. The van der Waals surface area contributed by atoms with E-state index in [-0.39, 0.29) is 5.92 Å². The third-order valence-electron chi connectivity index (χ3n) is 3.17. The second-order valence-corrected chi connectivity index (χ2v) is 4.44. The van der Waals surface area contributed by atoms with Crippen molar-refractivity contribution in [1.82, 2.24) is 0 Å². The largest absolute Gasteiger partial charge is 0.493 e. The lowest BCUT2D eigenvalue weighted by Crippen LogP contribution is -2.43. The van der Waals surface area contributed by atoms with E-state index in [4.69, 9.17) is 9.47 Å². The number of carbonyl (C=O) groups is 1. The Balaban J connectivity index is 2.26. The van der Waals surface area contributed by atoms with Gasteiger partial charge in [-0.1, -0.05) is 12.1 Å². The Morgan fingerprint density at radius 2 is 1.94 bits per heavy atom. The predicted octanol–water partition coefficient (Wildman–Crippen LogP) is 2.33. The average Bonchev–Trinajstić information content (AvgIpc) is 3.13. The van der Waals surface area contributed by atoms with Gasteiger partial charge in [-0.3, -0.25) is 0 Å². The second-order valence-electron chi connectivity index (χ2n) is 4.44. The highest BCUT2D eigenvalue weighted by molar-refractivity contribution is 5.78. The first-order chi connectivity index (χ1) is 8.08. The molecule has 1 aliphatic rings. The molecule has 0 aliphatic heterocycles. The normalized spacial score (nSPS) is 18.2. The molecule has 0 bridgehead atoms. The van der Waals surface area contributed by atoms with E-state index in [9.17, 15) is 9.90 Å². The van der Waals surface area contributed by atoms with Crippen LogP contribution >= 0.6 is 0 Å². The highest BCUT2D eigenvalue weighted by Gasteiger charge is 2.50. The molecule has 0 spiro atoms. The van der Waals surface area contributed by atoms with Crippen LogP contribution in [0, 0.1) is 5.92 Å². The van der Waals surface area contributed by atoms with E-state index in [0.717, 1.165) is 12.8 Å². The average molecular weight is 236 g/mol. The van der Waals surface area contributed by atoms with Gasteiger partial charge >= 0.3 is 5.97 Å². The van der Waals surface area contributed by atoms with Crippen LogP contribution in [0.1, 0.15) is 19.8 Å². The van der Waals surface area contributed by atoms with Crippen LogP contribution in [0.15, 0.2) is 24.3 Å². The number of carboxylic acids is 1. The Bertz CT molecular complexity index is 425. The minimum Gasteiger partial charge on any atom is -0.493 e. The highest BCUT2D eigenvalue weighted by atomic mass is 16.5. The van der Waals surface area contributed by atoms with Gasteiger partial charge in [0.25, 0.3) is 0 Å². The fourth-order valence-corrected chi connectivity index (χ4v) is 1.87. The number of hydrogen-bond donors (Lipinski definition) is 1. The smallest absolute Gasteiger partial charge is 0.348 e. The zero-order chi connectivity index (χ0) is 12.5. The van der Waals surface area contributed by atoms with Crippen molar-refractivity contribution < 1.29 is 19.4 Å². The van der Waals surface area contributed by atoms with Crippen molar-refractivity contribution in [3.8, 4) is 11.5 Å². The quantitative estimate of drug-likeness (QED) is 0.852. The molecule has 1 aromatic carbocycles. The fraction of sp³-hybridized carbons (Fsp3) is 0.462. The molecule has 2 rings (SSSR count). The monoisotopic (exact) mass is 236 g/mol. The summed E-state index contributed by atoms with van der Waals surface area (Å²) >= 11 is 0. The summed E-state index contributed by atoms with van der Waals surface area (Å²) in [6.07, 6.45) is 1.80. The summed E-state index contributed by atoms with van der Waals surface area (Å²) < 4.78 is 10.8. The zero-order valence-electron chi connectivity index (χ0n) is 9.97. The van der Waals surface area contributed by atoms with Crippen LogP contribution in [0.2, 0.25) is 0 Å². The minimum atomic E-state index is -1.16. The third-order valence-corrected chi connectivity index (χ3v) is 3.17. The molecule has 0 aromatic heterocycles. The SMILES string of the molecule is COc1ccccc1OC(C)(C(=O)O)C1CC1. The maximum atomic E-state index is 11.3. The topological polar surface area (TPSA) is 55.8 Å². The summed E-state index contributed by atoms with van der Waals surface area (Å²) in [5, 5.41) is 9.30. The van der Waals surface area contributed by atoms with Gasteiger partial charge in [0.15, 0.2) is 11.5 Å². The second kappa shape index (κ2) is 4.28. The Morgan fingerprint density at radius 3 is 2.41 bits per heavy atom. The van der Waals surface area contributed by atoms with Gasteiger partial charge in [0, 0.05) is 5.92 Å². The molecule has 0 heterocycles. The number of methoxy groups -OCH3 is 1. The molecule has 1 N–H and O–H groups in total. The summed E-state index contributed by atoms with van der Waals surface area (Å²) in [5.74, 6) is 0.197. The summed E-state index contributed by atoms with van der Waals surface area (Å²) in [5.41, 5.74) is -1.16. The van der Waals surface area contributed by atoms with E-state index in [1.807, 2.05) is 6.07 Å². The minimum absolute atomic E-state index is 0.0879. The summed E-state index contributed by atoms with van der Waals surface area (Å²) in [6, 6.07) is 7.10. The molecule has 92 valence electrons. The van der Waals surface area contributed by atoms with E-state index in [1.54, 1.807) is 25.1 Å². The molecule has 0 saturated heterocycles. The van der Waals surface area contributed by atoms with Crippen LogP contribution in [-0.2, 0) is 4.79 Å². The van der Waals surface area contributed by atoms with Crippen molar-refractivity contribution in [2.75, 3.05) is 7.11 Å². The first kappa shape index (κ1) is 11.8. The van der Waals surface area contributed by atoms with Crippen LogP contribution in [0.3, 0.4) is 0 Å². The predicted molar refractivity (Wildman–Crippen MR) is 62.4 cm³/mol. The van der Waals surface area contributed by atoms with Crippen molar-refractivity contribution >= 4 is 5.97 Å². The van der Waals surface area contributed by atoms with Crippen molar-refractivity contribution in [1.29, 1.82) is 0 Å². The first-order valence-electron chi connectivity index (χ1n) is 5.63. The molecule has 1 aliphatic carbocycles. The van der Waals surface area contributed by atoms with Crippen molar-refractivity contribution in [3.05, 3.63) is 24.3 Å². The number of para-hydroxylation sites is 2. The molecular weight excluding hydrogens is 220 g/mol. The number of benzene rings is 1. The van der Waals surface area contributed by atoms with Gasteiger partial charge < -0.3 is 14.6 Å². The van der Waals surface area contributed by atoms with Crippen molar-refractivity contribution in [3.63, 3.8) is 0 Å². The Hall–Kier alpha value is -1.71. The van der Waals surface area contributed by atoms with Gasteiger partial charge in [-0.2, -0.15) is 0 Å². The van der Waals surface area contributed by atoms with Crippen LogP contribution < -0.4 is 9.47 Å². The molecule has 4 nitrogen and oxygen atoms in total. The molecule has 0 amide bonds. The summed E-state index contributed by atoms with van der Waals surface area (Å²) in [6.45, 7) is 1.62. The number of carboxylic acid groups (broad SMARTS) is 1. The van der Waals surface area contributed by atoms with Crippen LogP contribution in [0.25, 0.3) is 0 Å². The van der Waals surface area contributed by atoms with Gasteiger partial charge in [0.05, 0.1) is 7.11 Å². The van der Waals surface area contributed by atoms with E-state index >= 15 is 0 Å². The van der Waals surface area contributed by atoms with Crippen LogP contribution in [0.5, 0.6) is 11.5 Å². The van der Waals surface area contributed by atoms with E-state index in [1.165, 1.54) is 7.11 Å². The lowest BCUT2D eigenvalue weighted by atomic mass is 10.0. The van der Waals surface area contributed by atoms with E-state index < -0.39 is 11.6 Å². The number of aliphatic carboxylic acids is 1. The van der Waals surface area contributed by atoms with Gasteiger partial charge in [-0.25, -0.2) is 4.79 Å². The zero-order valence-corrected chi connectivity index (χ0v) is 9.97. The first-order valence-corrected chi connectivity index (χ1v) is 5.63. The summed E-state index contributed by atoms with van der Waals surface area (Å²) in [7, 11) is 1.54.